The van der Waals surface area contributed by atoms with Gasteiger partial charge < -0.3 is 5.32 Å². The van der Waals surface area contributed by atoms with Crippen molar-refractivity contribution < 1.29 is 12.6 Å². The van der Waals surface area contributed by atoms with Crippen LogP contribution in [0, 0.1) is 5.92 Å². The van der Waals surface area contributed by atoms with E-state index in [9.17, 15) is 12.6 Å². The van der Waals surface area contributed by atoms with Crippen molar-refractivity contribution in [1.29, 1.82) is 0 Å². The molecular weight excluding hydrogens is 306 g/mol. The maximum atomic E-state index is 12.7. The van der Waals surface area contributed by atoms with Crippen molar-refractivity contribution in [1.82, 2.24) is 5.32 Å². The van der Waals surface area contributed by atoms with E-state index in [1.807, 2.05) is 0 Å². The molecule has 0 saturated heterocycles. The Balaban J connectivity index is 2.14. The van der Waals surface area contributed by atoms with Crippen LogP contribution in [-0.4, -0.2) is 36.7 Å². The molecule has 4 atom stereocenters. The molecule has 0 amide bonds. The number of rotatable bonds is 5. The molecule has 1 saturated carbocycles. The van der Waals surface area contributed by atoms with E-state index in [1.54, 1.807) is 24.3 Å². The highest BCUT2D eigenvalue weighted by Gasteiger charge is 2.36. The third-order valence-corrected chi connectivity index (χ3v) is 7.29. The molecule has 1 fully saturated rings. The number of nitrogens with one attached hydrogen (secondary N) is 1. The SMILES string of the molecule is CCNC1CCC(S(=O)c2ccc(S(C)(=O)=O)cc2)C1C. The second-order valence-corrected chi connectivity index (χ2v) is 9.37. The molecule has 6 heteroatoms. The standard InChI is InChI=1S/C15H23NO3S2/c1-4-16-14-9-10-15(11(14)2)20(17)12-5-7-13(8-6-12)21(3,18)19/h5-8,11,14-16H,4,9-10H2,1-3H3. The van der Waals surface area contributed by atoms with Crippen molar-refractivity contribution in [3.8, 4) is 0 Å². The molecule has 21 heavy (non-hydrogen) atoms. The summed E-state index contributed by atoms with van der Waals surface area (Å²) in [6.07, 6.45) is 3.17. The molecule has 2 rings (SSSR count). The van der Waals surface area contributed by atoms with Gasteiger partial charge in [-0.15, -0.1) is 0 Å². The van der Waals surface area contributed by atoms with Gasteiger partial charge in [0.15, 0.2) is 9.84 Å². The summed E-state index contributed by atoms with van der Waals surface area (Å²) in [4.78, 5) is 0.990. The lowest BCUT2D eigenvalue weighted by atomic mass is 10.1. The summed E-state index contributed by atoms with van der Waals surface area (Å²) in [7, 11) is -4.28. The molecule has 0 aromatic heterocycles. The Bertz CT molecular complexity index is 610. The average Bonchev–Trinajstić information content (AvgIpc) is 2.79. The van der Waals surface area contributed by atoms with Crippen LogP contribution in [0.1, 0.15) is 26.7 Å². The largest absolute Gasteiger partial charge is 0.314 e. The van der Waals surface area contributed by atoms with Gasteiger partial charge in [-0.1, -0.05) is 13.8 Å². The first-order chi connectivity index (χ1) is 9.84. The van der Waals surface area contributed by atoms with Crippen LogP contribution in [0.25, 0.3) is 0 Å². The second-order valence-electron chi connectivity index (χ2n) is 5.68. The summed E-state index contributed by atoms with van der Waals surface area (Å²) in [5, 5.41) is 3.58. The van der Waals surface area contributed by atoms with Crippen LogP contribution < -0.4 is 5.32 Å². The normalized spacial score (nSPS) is 27.7. The molecule has 4 nitrogen and oxygen atoms in total. The van der Waals surface area contributed by atoms with Gasteiger partial charge in [0, 0.05) is 22.4 Å². The van der Waals surface area contributed by atoms with Crippen LogP contribution in [-0.2, 0) is 20.6 Å². The quantitative estimate of drug-likeness (QED) is 0.897. The van der Waals surface area contributed by atoms with Crippen molar-refractivity contribution in [2.24, 2.45) is 5.92 Å². The average molecular weight is 329 g/mol. The minimum absolute atomic E-state index is 0.137. The smallest absolute Gasteiger partial charge is 0.175 e. The lowest BCUT2D eigenvalue weighted by molar-refractivity contribution is 0.438. The molecule has 0 heterocycles. The molecule has 0 spiro atoms. The Labute approximate surface area is 129 Å². The summed E-state index contributed by atoms with van der Waals surface area (Å²) >= 11 is 0. The fourth-order valence-corrected chi connectivity index (χ4v) is 5.29. The van der Waals surface area contributed by atoms with Crippen molar-refractivity contribution in [3.05, 3.63) is 24.3 Å². The molecule has 1 N–H and O–H groups in total. The first-order valence-electron chi connectivity index (χ1n) is 7.28. The molecule has 0 bridgehead atoms. The minimum Gasteiger partial charge on any atom is -0.314 e. The number of benzene rings is 1. The van der Waals surface area contributed by atoms with Crippen LogP contribution in [0.5, 0.6) is 0 Å². The van der Waals surface area contributed by atoms with Gasteiger partial charge >= 0.3 is 0 Å². The molecule has 1 aromatic carbocycles. The zero-order chi connectivity index (χ0) is 15.6. The van der Waals surface area contributed by atoms with Crippen LogP contribution in [0.3, 0.4) is 0 Å². The third kappa shape index (κ3) is 3.73. The fourth-order valence-electron chi connectivity index (χ4n) is 2.98. The van der Waals surface area contributed by atoms with Crippen molar-refractivity contribution >= 4 is 20.6 Å². The molecule has 1 aromatic rings. The maximum absolute atomic E-state index is 12.7. The highest BCUT2D eigenvalue weighted by Crippen LogP contribution is 2.32. The van der Waals surface area contributed by atoms with Crippen molar-refractivity contribution in [3.63, 3.8) is 0 Å². The van der Waals surface area contributed by atoms with E-state index < -0.39 is 20.6 Å². The number of hydrogen-bond acceptors (Lipinski definition) is 4. The molecule has 0 aliphatic heterocycles. The molecular formula is C15H23NO3S2. The third-order valence-electron chi connectivity index (χ3n) is 4.21. The van der Waals surface area contributed by atoms with E-state index in [0.29, 0.717) is 12.0 Å². The Morgan fingerprint density at radius 2 is 1.86 bits per heavy atom. The van der Waals surface area contributed by atoms with E-state index in [1.165, 1.54) is 6.26 Å². The predicted molar refractivity (Wildman–Crippen MR) is 85.6 cm³/mol. The van der Waals surface area contributed by atoms with Crippen LogP contribution in [0.2, 0.25) is 0 Å². The Morgan fingerprint density at radius 3 is 2.38 bits per heavy atom. The van der Waals surface area contributed by atoms with E-state index >= 15 is 0 Å². The molecule has 1 aliphatic carbocycles. The highest BCUT2D eigenvalue weighted by molar-refractivity contribution is 7.90. The first kappa shape index (κ1) is 16.6. The summed E-state index contributed by atoms with van der Waals surface area (Å²) in [5.41, 5.74) is 0. The van der Waals surface area contributed by atoms with Gasteiger partial charge in [-0.25, -0.2) is 8.42 Å². The zero-order valence-corrected chi connectivity index (χ0v) is 14.3. The van der Waals surface area contributed by atoms with E-state index in [2.05, 4.69) is 19.2 Å². The highest BCUT2D eigenvalue weighted by atomic mass is 32.2. The summed E-state index contributed by atoms with van der Waals surface area (Å²) in [6, 6.07) is 6.88. The topological polar surface area (TPSA) is 63.2 Å². The number of sulfone groups is 1. The zero-order valence-electron chi connectivity index (χ0n) is 12.7. The Hall–Kier alpha value is -0.720. The van der Waals surface area contributed by atoms with Gasteiger partial charge in [0.25, 0.3) is 0 Å². The molecule has 1 aliphatic rings. The van der Waals surface area contributed by atoms with E-state index in [0.717, 1.165) is 24.3 Å². The van der Waals surface area contributed by atoms with Crippen molar-refractivity contribution in [2.75, 3.05) is 12.8 Å². The minimum atomic E-state index is -3.20. The van der Waals surface area contributed by atoms with Gasteiger partial charge in [0.1, 0.15) is 0 Å². The van der Waals surface area contributed by atoms with E-state index in [4.69, 9.17) is 0 Å². The monoisotopic (exact) mass is 329 g/mol. The first-order valence-corrected chi connectivity index (χ1v) is 10.4. The van der Waals surface area contributed by atoms with Gasteiger partial charge in [-0.2, -0.15) is 0 Å². The van der Waals surface area contributed by atoms with Gasteiger partial charge in [-0.3, -0.25) is 4.21 Å². The van der Waals surface area contributed by atoms with Gasteiger partial charge in [-0.05, 0) is 49.6 Å². The fraction of sp³-hybridized carbons (Fsp3) is 0.600. The van der Waals surface area contributed by atoms with E-state index in [-0.39, 0.29) is 10.1 Å². The Morgan fingerprint density at radius 1 is 1.24 bits per heavy atom. The summed E-state index contributed by atoms with van der Waals surface area (Å²) in [6.45, 7) is 5.16. The van der Waals surface area contributed by atoms with Crippen LogP contribution in [0.15, 0.2) is 34.1 Å². The maximum Gasteiger partial charge on any atom is 0.175 e. The molecule has 4 unspecified atom stereocenters. The lowest BCUT2D eigenvalue weighted by Crippen LogP contribution is -2.34. The summed E-state index contributed by atoms with van der Waals surface area (Å²) in [5.74, 6) is 0.361. The second kappa shape index (κ2) is 6.58. The Kier molecular flexibility index (Phi) is 5.22. The van der Waals surface area contributed by atoms with Crippen LogP contribution in [0.4, 0.5) is 0 Å². The predicted octanol–water partition coefficient (Wildman–Crippen LogP) is 1.97. The van der Waals surface area contributed by atoms with Gasteiger partial charge in [0.2, 0.25) is 0 Å². The number of hydrogen-bond donors (Lipinski definition) is 1. The molecule has 118 valence electrons. The van der Waals surface area contributed by atoms with Crippen molar-refractivity contribution in [2.45, 2.75) is 47.8 Å². The van der Waals surface area contributed by atoms with Gasteiger partial charge in [0.05, 0.1) is 15.7 Å². The van der Waals surface area contributed by atoms with Crippen LogP contribution >= 0.6 is 0 Å². The lowest BCUT2D eigenvalue weighted by Gasteiger charge is -2.21. The molecule has 0 radical (unpaired) electrons. The summed E-state index contributed by atoms with van der Waals surface area (Å²) < 4.78 is 35.6.